The smallest absolute Gasteiger partial charge is 0.410 e. The maximum absolute atomic E-state index is 12.9. The summed E-state index contributed by atoms with van der Waals surface area (Å²) in [5, 5.41) is 4.39. The van der Waals surface area contributed by atoms with Crippen LogP contribution in [0.1, 0.15) is 39.2 Å². The van der Waals surface area contributed by atoms with Gasteiger partial charge in [-0.25, -0.2) is 9.48 Å². The summed E-state index contributed by atoms with van der Waals surface area (Å²) in [5.41, 5.74) is 2.62. The molecule has 37 heavy (non-hydrogen) atoms. The van der Waals surface area contributed by atoms with E-state index in [0.29, 0.717) is 42.6 Å². The molecule has 2 unspecified atom stereocenters. The van der Waals surface area contributed by atoms with Crippen molar-refractivity contribution in [3.63, 3.8) is 0 Å². The van der Waals surface area contributed by atoms with Crippen molar-refractivity contribution in [1.82, 2.24) is 19.7 Å². The molecule has 2 saturated heterocycles. The number of benzene rings is 2. The summed E-state index contributed by atoms with van der Waals surface area (Å²) in [6.45, 7) is 7.40. The number of aromatic nitrogens is 3. The molecule has 2 aliphatic heterocycles. The molecule has 2 bridgehead atoms. The minimum absolute atomic E-state index is 0.0583. The summed E-state index contributed by atoms with van der Waals surface area (Å²) in [5.74, 6) is 0.653. The lowest BCUT2D eigenvalue weighted by Gasteiger charge is -2.40. The van der Waals surface area contributed by atoms with Crippen LogP contribution in [0, 0.1) is 0 Å². The first-order valence-electron chi connectivity index (χ1n) is 12.7. The van der Waals surface area contributed by atoms with Crippen LogP contribution in [0.25, 0.3) is 16.8 Å². The van der Waals surface area contributed by atoms with Crippen molar-refractivity contribution in [1.29, 1.82) is 0 Å². The van der Waals surface area contributed by atoms with Gasteiger partial charge in [0.1, 0.15) is 23.6 Å². The first-order chi connectivity index (χ1) is 17.9. The molecular weight excluding hydrogens is 470 g/mol. The largest absolute Gasteiger partial charge is 0.486 e. The lowest BCUT2D eigenvalue weighted by Crippen LogP contribution is -2.56. The molecule has 4 aromatic rings. The summed E-state index contributed by atoms with van der Waals surface area (Å²) in [6.07, 6.45) is 5.24. The van der Waals surface area contributed by atoms with Crippen LogP contribution in [0.5, 0.6) is 5.75 Å². The molecule has 0 radical (unpaired) electrons. The molecule has 9 nitrogen and oxygen atoms in total. The number of piperazine rings is 1. The average molecular weight is 502 g/mol. The molecule has 4 heterocycles. The van der Waals surface area contributed by atoms with E-state index < -0.39 is 5.60 Å². The summed E-state index contributed by atoms with van der Waals surface area (Å²) in [6, 6.07) is 16.4. The summed E-state index contributed by atoms with van der Waals surface area (Å²) < 4.78 is 20.0. The molecule has 2 aliphatic rings. The van der Waals surface area contributed by atoms with Crippen molar-refractivity contribution < 1.29 is 18.7 Å². The zero-order chi connectivity index (χ0) is 25.6. The fraction of sp³-hybridized carbons (Fsp3) is 0.393. The Balaban J connectivity index is 1.30. The monoisotopic (exact) mass is 501 g/mol. The van der Waals surface area contributed by atoms with Crippen LogP contribution in [0.2, 0.25) is 0 Å². The number of hydrogen-bond donors (Lipinski definition) is 0. The van der Waals surface area contributed by atoms with E-state index in [-0.39, 0.29) is 18.2 Å². The molecular formula is C28H31N5O4. The number of amides is 1. The second kappa shape index (κ2) is 9.14. The molecule has 0 saturated carbocycles. The van der Waals surface area contributed by atoms with E-state index >= 15 is 0 Å². The van der Waals surface area contributed by atoms with Gasteiger partial charge in [-0.2, -0.15) is 10.1 Å². The third-order valence-corrected chi connectivity index (χ3v) is 6.82. The number of anilines is 1. The van der Waals surface area contributed by atoms with E-state index in [1.807, 2.05) is 80.4 Å². The van der Waals surface area contributed by atoms with Crippen LogP contribution in [-0.4, -0.2) is 56.5 Å². The van der Waals surface area contributed by atoms with E-state index in [4.69, 9.17) is 18.9 Å². The summed E-state index contributed by atoms with van der Waals surface area (Å²) >= 11 is 0. The number of fused-ring (bicyclic) bond motifs is 3. The molecule has 2 aromatic heterocycles. The Bertz CT molecular complexity index is 1380. The first-order valence-corrected chi connectivity index (χ1v) is 12.7. The van der Waals surface area contributed by atoms with E-state index in [1.165, 1.54) is 0 Å². The van der Waals surface area contributed by atoms with Crippen molar-refractivity contribution >= 4 is 23.2 Å². The average Bonchev–Trinajstić information content (AvgIpc) is 3.61. The van der Waals surface area contributed by atoms with Crippen LogP contribution < -0.4 is 9.64 Å². The van der Waals surface area contributed by atoms with Crippen molar-refractivity contribution in [2.45, 2.75) is 57.9 Å². The van der Waals surface area contributed by atoms with Gasteiger partial charge in [0, 0.05) is 25.5 Å². The summed E-state index contributed by atoms with van der Waals surface area (Å²) in [7, 11) is 0. The zero-order valence-electron chi connectivity index (χ0n) is 21.3. The molecule has 9 heteroatoms. The molecule has 0 spiro atoms. The van der Waals surface area contributed by atoms with Gasteiger partial charge in [0.05, 0.1) is 12.1 Å². The Morgan fingerprint density at radius 1 is 1.05 bits per heavy atom. The third-order valence-electron chi connectivity index (χ3n) is 6.82. The highest BCUT2D eigenvalue weighted by atomic mass is 16.6. The Labute approximate surface area is 215 Å². The minimum Gasteiger partial charge on any atom is -0.486 e. The fourth-order valence-electron chi connectivity index (χ4n) is 5.21. The van der Waals surface area contributed by atoms with E-state index in [0.717, 1.165) is 24.1 Å². The van der Waals surface area contributed by atoms with Crippen molar-refractivity contribution in [2.75, 3.05) is 18.0 Å². The number of ether oxygens (including phenoxy) is 2. The molecule has 0 aliphatic carbocycles. The van der Waals surface area contributed by atoms with Gasteiger partial charge in [-0.05, 0) is 57.4 Å². The topological polar surface area (TPSA) is 85.9 Å². The van der Waals surface area contributed by atoms with Gasteiger partial charge < -0.3 is 18.8 Å². The van der Waals surface area contributed by atoms with Gasteiger partial charge in [0.2, 0.25) is 0 Å². The predicted octanol–water partition coefficient (Wildman–Crippen LogP) is 5.18. The maximum atomic E-state index is 12.9. The van der Waals surface area contributed by atoms with Crippen molar-refractivity contribution in [2.24, 2.45) is 0 Å². The molecule has 2 fully saturated rings. The van der Waals surface area contributed by atoms with Gasteiger partial charge in [-0.1, -0.05) is 30.3 Å². The molecule has 2 atom stereocenters. The van der Waals surface area contributed by atoms with Crippen molar-refractivity contribution in [3.8, 4) is 11.4 Å². The van der Waals surface area contributed by atoms with Gasteiger partial charge in [0.15, 0.2) is 11.1 Å². The van der Waals surface area contributed by atoms with Gasteiger partial charge in [-0.3, -0.25) is 4.90 Å². The molecule has 6 rings (SSSR count). The number of hydrogen-bond acceptors (Lipinski definition) is 7. The van der Waals surface area contributed by atoms with E-state index in [1.54, 1.807) is 10.9 Å². The van der Waals surface area contributed by atoms with E-state index in [9.17, 15) is 4.79 Å². The molecule has 192 valence electrons. The maximum Gasteiger partial charge on any atom is 0.410 e. The standard InChI is InChI=1S/C28H31N5O4/c1-28(2,3)37-27(34)33-20-10-11-21(33)17-31(16-20)26-30-24-23(35-18-19-8-5-4-6-9-19)13-12-22(25(24)36-26)32-15-7-14-29-32/h4-9,12-15,20-21H,10-11,16-18H2,1-3H3. The fourth-order valence-corrected chi connectivity index (χ4v) is 5.21. The second-order valence-corrected chi connectivity index (χ2v) is 10.7. The second-order valence-electron chi connectivity index (χ2n) is 10.7. The highest BCUT2D eigenvalue weighted by Crippen LogP contribution is 2.38. The van der Waals surface area contributed by atoms with E-state index in [2.05, 4.69) is 10.00 Å². The Hall–Kier alpha value is -4.01. The Morgan fingerprint density at radius 3 is 2.49 bits per heavy atom. The third kappa shape index (κ3) is 4.61. The molecule has 0 N–H and O–H groups in total. The van der Waals surface area contributed by atoms with Crippen molar-refractivity contribution in [3.05, 3.63) is 66.5 Å². The van der Waals surface area contributed by atoms with Gasteiger partial charge in [-0.15, -0.1) is 0 Å². The molecule has 2 aromatic carbocycles. The van der Waals surface area contributed by atoms with Crippen LogP contribution >= 0.6 is 0 Å². The lowest BCUT2D eigenvalue weighted by molar-refractivity contribution is 0.0120. The SMILES string of the molecule is CC(C)(C)OC(=O)N1C2CCC1CN(c1nc3c(OCc4ccccc4)ccc(-n4cccn4)c3o1)C2. The van der Waals surface area contributed by atoms with Crippen LogP contribution in [0.15, 0.2) is 65.3 Å². The van der Waals surface area contributed by atoms with Crippen LogP contribution in [-0.2, 0) is 11.3 Å². The highest BCUT2D eigenvalue weighted by molar-refractivity contribution is 5.88. The van der Waals surface area contributed by atoms with Crippen LogP contribution in [0.3, 0.4) is 0 Å². The normalized spacial score (nSPS) is 19.4. The quantitative estimate of drug-likeness (QED) is 0.372. The zero-order valence-corrected chi connectivity index (χ0v) is 21.3. The Kier molecular flexibility index (Phi) is 5.78. The lowest BCUT2D eigenvalue weighted by atomic mass is 10.2. The number of rotatable bonds is 5. The molecule has 1 amide bonds. The number of nitrogens with zero attached hydrogens (tertiary/aromatic N) is 5. The van der Waals surface area contributed by atoms with Gasteiger partial charge in [0.25, 0.3) is 6.01 Å². The number of carbonyl (C=O) groups excluding carboxylic acids is 1. The number of carbonyl (C=O) groups is 1. The highest BCUT2D eigenvalue weighted by Gasteiger charge is 2.45. The van der Waals surface area contributed by atoms with Crippen LogP contribution in [0.4, 0.5) is 10.8 Å². The minimum atomic E-state index is -0.521. The first kappa shape index (κ1) is 23.4. The summed E-state index contributed by atoms with van der Waals surface area (Å²) in [4.78, 5) is 21.8. The Morgan fingerprint density at radius 2 is 1.81 bits per heavy atom. The number of oxazole rings is 1. The predicted molar refractivity (Wildman–Crippen MR) is 139 cm³/mol. The van der Waals surface area contributed by atoms with Gasteiger partial charge >= 0.3 is 6.09 Å².